The summed E-state index contributed by atoms with van der Waals surface area (Å²) in [6, 6.07) is 23.2. The molecule has 5 aromatic rings. The van der Waals surface area contributed by atoms with E-state index in [1.54, 1.807) is 63.2 Å². The fourth-order valence-corrected chi connectivity index (χ4v) is 4.72. The Kier molecular flexibility index (Phi) is 9.29. The first-order valence-electron chi connectivity index (χ1n) is 14.3. The molecule has 2 heterocycles. The summed E-state index contributed by atoms with van der Waals surface area (Å²) in [5.74, 6) is 1.30. The van der Waals surface area contributed by atoms with Gasteiger partial charge in [0.2, 0.25) is 0 Å². The number of carbonyl (C=O) groups is 2. The van der Waals surface area contributed by atoms with Crippen LogP contribution < -0.4 is 20.7 Å². The number of nitrogens with one attached hydrogen (secondary N) is 3. The van der Waals surface area contributed by atoms with Crippen LogP contribution in [0.2, 0.25) is 0 Å². The second kappa shape index (κ2) is 13.3. The van der Waals surface area contributed by atoms with Gasteiger partial charge in [-0.2, -0.15) is 0 Å². The van der Waals surface area contributed by atoms with Gasteiger partial charge in [-0.15, -0.1) is 0 Å². The lowest BCUT2D eigenvalue weighted by Crippen LogP contribution is -2.27. The number of carbonyl (C=O) groups excluding carboxylic acids is 2. The molecule has 0 radical (unpaired) electrons. The smallest absolute Gasteiger partial charge is 0.412 e. The van der Waals surface area contributed by atoms with Crippen molar-refractivity contribution >= 4 is 61.8 Å². The summed E-state index contributed by atoms with van der Waals surface area (Å²) in [6.45, 7) is 9.53. The number of hydrogen-bond donors (Lipinski definition) is 3. The molecule has 0 aliphatic rings. The van der Waals surface area contributed by atoms with Gasteiger partial charge in [-0.3, -0.25) is 10.1 Å². The molecule has 230 valence electrons. The fourth-order valence-electron chi connectivity index (χ4n) is 4.32. The maximum absolute atomic E-state index is 13.3. The maximum Gasteiger partial charge on any atom is 0.412 e. The molecule has 0 atom stereocenters. The topological polar surface area (TPSA) is 127 Å². The normalized spacial score (nSPS) is 11.3. The van der Waals surface area contributed by atoms with Crippen LogP contribution in [-0.2, 0) is 4.74 Å². The lowest BCUT2D eigenvalue weighted by Gasteiger charge is -2.20. The van der Waals surface area contributed by atoms with Crippen molar-refractivity contribution in [2.75, 3.05) is 16.0 Å². The molecule has 5 rings (SSSR count). The second-order valence-electron chi connectivity index (χ2n) is 11.5. The van der Waals surface area contributed by atoms with Gasteiger partial charge >= 0.3 is 6.09 Å². The van der Waals surface area contributed by atoms with Crippen molar-refractivity contribution in [3.8, 4) is 11.5 Å². The average molecular weight is 670 g/mol. The summed E-state index contributed by atoms with van der Waals surface area (Å²) in [5.41, 5.74) is 2.84. The summed E-state index contributed by atoms with van der Waals surface area (Å²) in [6.07, 6.45) is 0.866. The molecule has 11 heteroatoms. The quantitative estimate of drug-likeness (QED) is 0.149. The lowest BCUT2D eigenvalue weighted by atomic mass is 10.1. The monoisotopic (exact) mass is 668 g/mol. The molecule has 2 amide bonds. The van der Waals surface area contributed by atoms with Crippen molar-refractivity contribution in [3.63, 3.8) is 0 Å². The molecule has 0 aliphatic carbocycles. The van der Waals surface area contributed by atoms with E-state index in [9.17, 15) is 9.59 Å². The molecule has 0 saturated carbocycles. The Bertz CT molecular complexity index is 1870. The molecule has 0 spiro atoms. The third-order valence-electron chi connectivity index (χ3n) is 6.39. The highest BCUT2D eigenvalue weighted by molar-refractivity contribution is 9.10. The number of aromatic nitrogens is 3. The van der Waals surface area contributed by atoms with Crippen molar-refractivity contribution < 1.29 is 19.1 Å². The van der Waals surface area contributed by atoms with Crippen molar-refractivity contribution in [2.24, 2.45) is 0 Å². The first kappa shape index (κ1) is 31.4. The Morgan fingerprint density at radius 1 is 0.867 bits per heavy atom. The van der Waals surface area contributed by atoms with E-state index in [0.29, 0.717) is 51.0 Å². The van der Waals surface area contributed by atoms with Gasteiger partial charge in [0.05, 0.1) is 11.1 Å². The van der Waals surface area contributed by atoms with Gasteiger partial charge in [0, 0.05) is 33.2 Å². The number of amides is 2. The third kappa shape index (κ3) is 8.33. The van der Waals surface area contributed by atoms with E-state index in [0.717, 1.165) is 10.2 Å². The van der Waals surface area contributed by atoms with Crippen LogP contribution in [0.1, 0.15) is 56.6 Å². The van der Waals surface area contributed by atoms with Crippen molar-refractivity contribution in [1.29, 1.82) is 0 Å². The van der Waals surface area contributed by atoms with Crippen LogP contribution in [0.25, 0.3) is 11.0 Å². The van der Waals surface area contributed by atoms with E-state index in [2.05, 4.69) is 60.7 Å². The SMILES string of the molecule is CC(C)c1ccc2c(Nc3cc(C(=O)Nc4cccc(Br)c4)ccc3Oc3cccc(NC(=O)OC(C)(C)C)c3)ncnc2n1. The van der Waals surface area contributed by atoms with Crippen LogP contribution in [-0.4, -0.2) is 32.6 Å². The number of ether oxygens (including phenoxy) is 2. The molecule has 0 fully saturated rings. The number of fused-ring (bicyclic) bond motifs is 1. The summed E-state index contributed by atoms with van der Waals surface area (Å²) >= 11 is 3.44. The molecular formula is C34H33BrN6O4. The first-order valence-corrected chi connectivity index (χ1v) is 15.1. The predicted octanol–water partition coefficient (Wildman–Crippen LogP) is 9.05. The van der Waals surface area contributed by atoms with E-state index in [1.165, 1.54) is 6.33 Å². The van der Waals surface area contributed by atoms with Crippen LogP contribution in [0.4, 0.5) is 27.7 Å². The summed E-state index contributed by atoms with van der Waals surface area (Å²) < 4.78 is 12.5. The largest absolute Gasteiger partial charge is 0.455 e. The molecule has 45 heavy (non-hydrogen) atoms. The molecule has 0 aliphatic heterocycles. The van der Waals surface area contributed by atoms with Crippen molar-refractivity contribution in [2.45, 2.75) is 46.1 Å². The molecule has 10 nitrogen and oxygen atoms in total. The van der Waals surface area contributed by atoms with E-state index >= 15 is 0 Å². The second-order valence-corrected chi connectivity index (χ2v) is 12.5. The summed E-state index contributed by atoms with van der Waals surface area (Å²) in [7, 11) is 0. The van der Waals surface area contributed by atoms with Gasteiger partial charge < -0.3 is 20.1 Å². The highest BCUT2D eigenvalue weighted by Crippen LogP contribution is 2.35. The van der Waals surface area contributed by atoms with E-state index in [4.69, 9.17) is 9.47 Å². The number of benzene rings is 3. The molecule has 2 aromatic heterocycles. The minimum atomic E-state index is -0.638. The van der Waals surface area contributed by atoms with Crippen LogP contribution in [0, 0.1) is 0 Å². The number of hydrogen-bond acceptors (Lipinski definition) is 8. The van der Waals surface area contributed by atoms with Crippen molar-refractivity contribution in [1.82, 2.24) is 15.0 Å². The van der Waals surface area contributed by atoms with E-state index in [-0.39, 0.29) is 11.8 Å². The van der Waals surface area contributed by atoms with E-state index < -0.39 is 11.7 Å². The zero-order valence-corrected chi connectivity index (χ0v) is 27.1. The zero-order chi connectivity index (χ0) is 32.1. The van der Waals surface area contributed by atoms with E-state index in [1.807, 2.05) is 36.4 Å². The summed E-state index contributed by atoms with van der Waals surface area (Å²) in [5, 5.41) is 9.69. The predicted molar refractivity (Wildman–Crippen MR) is 180 cm³/mol. The Morgan fingerprint density at radius 3 is 2.36 bits per heavy atom. The standard InChI is InChI=1S/C34H33BrN6O4/c1-20(2)27-14-13-26-30(40-27)36-19-37-31(26)41-28-16-21(32(42)38-23-9-6-8-22(35)17-23)12-15-29(28)44-25-11-7-10-24(18-25)39-33(43)45-34(3,4)5/h6-20H,1-5H3,(H,38,42)(H,39,43)(H,36,37,40,41). The first-order chi connectivity index (χ1) is 21.4. The molecule has 0 unspecified atom stereocenters. The van der Waals surface area contributed by atoms with Crippen LogP contribution in [0.3, 0.4) is 0 Å². The minimum Gasteiger partial charge on any atom is -0.455 e. The van der Waals surface area contributed by atoms with Gasteiger partial charge in [0.25, 0.3) is 5.91 Å². The average Bonchev–Trinajstić information content (AvgIpc) is 2.97. The lowest BCUT2D eigenvalue weighted by molar-refractivity contribution is 0.0635. The molecule has 3 N–H and O–H groups in total. The molecule has 0 bridgehead atoms. The van der Waals surface area contributed by atoms with Crippen LogP contribution in [0.5, 0.6) is 11.5 Å². The highest BCUT2D eigenvalue weighted by Gasteiger charge is 2.18. The number of nitrogens with zero attached hydrogens (tertiary/aromatic N) is 3. The Morgan fingerprint density at radius 2 is 1.62 bits per heavy atom. The van der Waals surface area contributed by atoms with Crippen LogP contribution >= 0.6 is 15.9 Å². The zero-order valence-electron chi connectivity index (χ0n) is 25.5. The fraction of sp³-hybridized carbons (Fsp3) is 0.206. The number of pyridine rings is 1. The summed E-state index contributed by atoms with van der Waals surface area (Å²) in [4.78, 5) is 39.1. The molecule has 3 aromatic carbocycles. The van der Waals surface area contributed by atoms with Gasteiger partial charge in [0.15, 0.2) is 11.4 Å². The van der Waals surface area contributed by atoms with Crippen LogP contribution in [0.15, 0.2) is 89.7 Å². The Labute approximate surface area is 269 Å². The third-order valence-corrected chi connectivity index (χ3v) is 6.89. The van der Waals surface area contributed by atoms with Gasteiger partial charge in [-0.1, -0.05) is 41.9 Å². The molecule has 0 saturated heterocycles. The number of rotatable bonds is 8. The number of anilines is 4. The Balaban J connectivity index is 1.48. The maximum atomic E-state index is 13.3. The number of halogens is 1. The van der Waals surface area contributed by atoms with Gasteiger partial charge in [-0.05, 0) is 87.4 Å². The van der Waals surface area contributed by atoms with Gasteiger partial charge in [-0.25, -0.2) is 19.7 Å². The minimum absolute atomic E-state index is 0.238. The Hall–Kier alpha value is -5.03. The highest BCUT2D eigenvalue weighted by atomic mass is 79.9. The van der Waals surface area contributed by atoms with Crippen molar-refractivity contribution in [3.05, 3.63) is 101 Å². The molecular weight excluding hydrogens is 636 g/mol. The van der Waals surface area contributed by atoms with Gasteiger partial charge in [0.1, 0.15) is 23.5 Å².